The quantitative estimate of drug-likeness (QED) is 0.897. The molecule has 0 saturated carbocycles. The van der Waals surface area contributed by atoms with Crippen LogP contribution in [0.5, 0.6) is 0 Å². The minimum absolute atomic E-state index is 0.145. The minimum Gasteiger partial charge on any atom is -0.383 e. The highest BCUT2D eigenvalue weighted by molar-refractivity contribution is 7.91. The molecule has 19 heavy (non-hydrogen) atoms. The number of nitrogens with one attached hydrogen (secondary N) is 1. The van der Waals surface area contributed by atoms with Crippen LogP contribution >= 0.6 is 0 Å². The van der Waals surface area contributed by atoms with Gasteiger partial charge in [-0.1, -0.05) is 6.92 Å². The second-order valence-corrected chi connectivity index (χ2v) is 7.36. The summed E-state index contributed by atoms with van der Waals surface area (Å²) in [5.74, 6) is 0.145. The molecule has 1 heterocycles. The van der Waals surface area contributed by atoms with Crippen LogP contribution in [0.25, 0.3) is 0 Å². The van der Waals surface area contributed by atoms with E-state index < -0.39 is 9.84 Å². The van der Waals surface area contributed by atoms with Crippen molar-refractivity contribution in [2.45, 2.75) is 30.7 Å². The Morgan fingerprint density at radius 1 is 1.32 bits per heavy atom. The van der Waals surface area contributed by atoms with E-state index in [0.29, 0.717) is 10.9 Å². The highest BCUT2D eigenvalue weighted by Crippen LogP contribution is 2.18. The van der Waals surface area contributed by atoms with Gasteiger partial charge in [0, 0.05) is 18.3 Å². The Labute approximate surface area is 115 Å². The first-order valence-electron chi connectivity index (χ1n) is 6.80. The highest BCUT2D eigenvalue weighted by atomic mass is 32.2. The van der Waals surface area contributed by atoms with Gasteiger partial charge in [0.2, 0.25) is 0 Å². The van der Waals surface area contributed by atoms with Crippen molar-refractivity contribution < 1.29 is 8.42 Å². The van der Waals surface area contributed by atoms with Crippen LogP contribution in [0, 0.1) is 0 Å². The fraction of sp³-hybridized carbons (Fsp3) is 0.571. The van der Waals surface area contributed by atoms with Crippen molar-refractivity contribution in [3.8, 4) is 0 Å². The molecule has 0 spiro atoms. The molecule has 1 N–H and O–H groups in total. The SMILES string of the molecule is CCS(=O)(=O)c1ccc(NCC2CCCN2C)cc1. The number of hydrogen-bond donors (Lipinski definition) is 1. The van der Waals surface area contributed by atoms with Gasteiger partial charge in [-0.25, -0.2) is 8.42 Å². The predicted molar refractivity (Wildman–Crippen MR) is 78.3 cm³/mol. The number of likely N-dealkylation sites (N-methyl/N-ethyl adjacent to an activating group) is 1. The third kappa shape index (κ3) is 3.48. The summed E-state index contributed by atoms with van der Waals surface area (Å²) in [4.78, 5) is 2.77. The monoisotopic (exact) mass is 282 g/mol. The van der Waals surface area contributed by atoms with Crippen LogP contribution in [0.2, 0.25) is 0 Å². The van der Waals surface area contributed by atoms with Gasteiger partial charge in [-0.15, -0.1) is 0 Å². The lowest BCUT2D eigenvalue weighted by atomic mass is 10.2. The summed E-state index contributed by atoms with van der Waals surface area (Å²) in [7, 11) is -0.941. The standard InChI is InChI=1S/C14H22N2O2S/c1-3-19(17,18)14-8-6-12(7-9-14)15-11-13-5-4-10-16(13)2/h6-9,13,15H,3-5,10-11H2,1-2H3. The zero-order valence-electron chi connectivity index (χ0n) is 11.6. The Bertz CT molecular complexity index is 511. The zero-order valence-corrected chi connectivity index (χ0v) is 12.4. The van der Waals surface area contributed by atoms with Gasteiger partial charge in [0.05, 0.1) is 10.6 Å². The summed E-state index contributed by atoms with van der Waals surface area (Å²) >= 11 is 0. The average Bonchev–Trinajstić information content (AvgIpc) is 2.82. The number of hydrogen-bond acceptors (Lipinski definition) is 4. The summed E-state index contributed by atoms with van der Waals surface area (Å²) in [5, 5.41) is 3.38. The lowest BCUT2D eigenvalue weighted by Crippen LogP contribution is -2.31. The molecule has 1 atom stereocenters. The van der Waals surface area contributed by atoms with Gasteiger partial charge in [0.15, 0.2) is 9.84 Å². The van der Waals surface area contributed by atoms with Gasteiger partial charge in [0.1, 0.15) is 0 Å². The third-order valence-corrected chi connectivity index (χ3v) is 5.56. The van der Waals surface area contributed by atoms with E-state index >= 15 is 0 Å². The van der Waals surface area contributed by atoms with E-state index in [9.17, 15) is 8.42 Å². The average molecular weight is 282 g/mol. The van der Waals surface area contributed by atoms with Crippen LogP contribution in [0.1, 0.15) is 19.8 Å². The summed E-state index contributed by atoms with van der Waals surface area (Å²) < 4.78 is 23.4. The van der Waals surface area contributed by atoms with Gasteiger partial charge in [0.25, 0.3) is 0 Å². The summed E-state index contributed by atoms with van der Waals surface area (Å²) in [5.41, 5.74) is 0.982. The van der Waals surface area contributed by atoms with Crippen molar-refractivity contribution in [1.82, 2.24) is 4.90 Å². The largest absolute Gasteiger partial charge is 0.383 e. The molecule has 1 aliphatic heterocycles. The van der Waals surface area contributed by atoms with E-state index in [0.717, 1.165) is 12.2 Å². The lowest BCUT2D eigenvalue weighted by Gasteiger charge is -2.20. The molecule has 5 heteroatoms. The number of anilines is 1. The number of nitrogens with zero attached hydrogens (tertiary/aromatic N) is 1. The van der Waals surface area contributed by atoms with Gasteiger partial charge < -0.3 is 10.2 Å². The molecule has 1 aromatic rings. The maximum atomic E-state index is 11.7. The van der Waals surface area contributed by atoms with Crippen molar-refractivity contribution in [3.05, 3.63) is 24.3 Å². The van der Waals surface area contributed by atoms with E-state index in [-0.39, 0.29) is 5.75 Å². The molecule has 0 aromatic heterocycles. The van der Waals surface area contributed by atoms with Gasteiger partial charge in [-0.2, -0.15) is 0 Å². The number of sulfone groups is 1. The van der Waals surface area contributed by atoms with Crippen LogP contribution in [-0.2, 0) is 9.84 Å². The second kappa shape index (κ2) is 5.92. The highest BCUT2D eigenvalue weighted by Gasteiger charge is 2.20. The summed E-state index contributed by atoms with van der Waals surface area (Å²) in [6, 6.07) is 7.63. The fourth-order valence-electron chi connectivity index (χ4n) is 2.42. The number of benzene rings is 1. The smallest absolute Gasteiger partial charge is 0.178 e. The lowest BCUT2D eigenvalue weighted by molar-refractivity contribution is 0.322. The normalized spacial score (nSPS) is 20.6. The molecule has 0 aliphatic carbocycles. The minimum atomic E-state index is -3.09. The Morgan fingerprint density at radius 3 is 2.53 bits per heavy atom. The van der Waals surface area contributed by atoms with Crippen LogP contribution in [-0.4, -0.2) is 45.2 Å². The van der Waals surface area contributed by atoms with Crippen molar-refractivity contribution >= 4 is 15.5 Å². The first kappa shape index (κ1) is 14.3. The first-order valence-corrected chi connectivity index (χ1v) is 8.45. The van der Waals surface area contributed by atoms with Gasteiger partial charge in [-0.3, -0.25) is 0 Å². The van der Waals surface area contributed by atoms with E-state index in [2.05, 4.69) is 17.3 Å². The maximum absolute atomic E-state index is 11.7. The summed E-state index contributed by atoms with van der Waals surface area (Å²) in [6.07, 6.45) is 2.49. The summed E-state index contributed by atoms with van der Waals surface area (Å²) in [6.45, 7) is 3.74. The van der Waals surface area contributed by atoms with Crippen molar-refractivity contribution in [2.75, 3.05) is 31.2 Å². The van der Waals surface area contributed by atoms with Crippen LogP contribution < -0.4 is 5.32 Å². The van der Waals surface area contributed by atoms with E-state index in [4.69, 9.17) is 0 Å². The maximum Gasteiger partial charge on any atom is 0.178 e. The van der Waals surface area contributed by atoms with Crippen molar-refractivity contribution in [1.29, 1.82) is 0 Å². The topological polar surface area (TPSA) is 49.4 Å². The third-order valence-electron chi connectivity index (χ3n) is 3.81. The molecule has 1 fully saturated rings. The molecule has 1 unspecified atom stereocenters. The molecule has 1 saturated heterocycles. The van der Waals surface area contributed by atoms with Crippen LogP contribution in [0.4, 0.5) is 5.69 Å². The van der Waals surface area contributed by atoms with Gasteiger partial charge >= 0.3 is 0 Å². The Hall–Kier alpha value is -1.07. The molecule has 0 amide bonds. The van der Waals surface area contributed by atoms with Gasteiger partial charge in [-0.05, 0) is 50.7 Å². The number of rotatable bonds is 5. The Morgan fingerprint density at radius 2 is 2.00 bits per heavy atom. The molecule has 1 aromatic carbocycles. The fourth-order valence-corrected chi connectivity index (χ4v) is 3.30. The Kier molecular flexibility index (Phi) is 4.47. The van der Waals surface area contributed by atoms with Crippen LogP contribution in [0.3, 0.4) is 0 Å². The first-order chi connectivity index (χ1) is 9.03. The molecule has 1 aliphatic rings. The predicted octanol–water partition coefficient (Wildman–Crippen LogP) is 1.99. The number of likely N-dealkylation sites (tertiary alicyclic amines) is 1. The second-order valence-electron chi connectivity index (χ2n) is 5.09. The molecule has 4 nitrogen and oxygen atoms in total. The molecule has 0 radical (unpaired) electrons. The molecular formula is C14H22N2O2S. The van der Waals surface area contributed by atoms with E-state index in [1.807, 2.05) is 12.1 Å². The van der Waals surface area contributed by atoms with Crippen molar-refractivity contribution in [2.24, 2.45) is 0 Å². The molecular weight excluding hydrogens is 260 g/mol. The molecule has 0 bridgehead atoms. The molecule has 2 rings (SSSR count). The van der Waals surface area contributed by atoms with E-state index in [1.54, 1.807) is 19.1 Å². The zero-order chi connectivity index (χ0) is 13.9. The molecule has 106 valence electrons. The van der Waals surface area contributed by atoms with E-state index in [1.165, 1.54) is 19.4 Å². The van der Waals surface area contributed by atoms with Crippen molar-refractivity contribution in [3.63, 3.8) is 0 Å². The van der Waals surface area contributed by atoms with Crippen LogP contribution in [0.15, 0.2) is 29.2 Å². The Balaban J connectivity index is 1.96.